The minimum atomic E-state index is -1.29. The number of rotatable bonds is 8. The lowest BCUT2D eigenvalue weighted by Gasteiger charge is -2.47. The smallest absolute Gasteiger partial charge is 0.242 e. The van der Waals surface area contributed by atoms with Gasteiger partial charge < -0.3 is 10.1 Å². The average molecular weight is 560 g/mol. The first-order chi connectivity index (χ1) is 17.5. The SMILES string of the molecule is C/C=C(\CC)[C@H]1NC(=O)C[C@@H](c2cccc(Cl)c2)[C@]12C(=O)N(COCC[Si](C)(C)C)c1cc(Cl)ccc12. The minimum Gasteiger partial charge on any atom is -0.361 e. The van der Waals surface area contributed by atoms with Crippen LogP contribution in [-0.2, 0) is 19.7 Å². The Labute approximate surface area is 231 Å². The fraction of sp³-hybridized carbons (Fsp3) is 0.448. The Morgan fingerprint density at radius 1 is 1.16 bits per heavy atom. The molecule has 0 aliphatic carbocycles. The summed E-state index contributed by atoms with van der Waals surface area (Å²) in [5.41, 5.74) is 2.42. The van der Waals surface area contributed by atoms with Crippen LogP contribution in [0.15, 0.2) is 54.1 Å². The van der Waals surface area contributed by atoms with Crippen molar-refractivity contribution in [1.29, 1.82) is 0 Å². The van der Waals surface area contributed by atoms with Gasteiger partial charge in [0.15, 0.2) is 0 Å². The lowest BCUT2D eigenvalue weighted by Crippen LogP contribution is -2.63. The number of fused-ring (bicyclic) bond motifs is 2. The summed E-state index contributed by atoms with van der Waals surface area (Å²) in [5, 5.41) is 4.33. The van der Waals surface area contributed by atoms with Crippen LogP contribution in [0, 0.1) is 0 Å². The fourth-order valence-electron chi connectivity index (χ4n) is 5.75. The van der Waals surface area contributed by atoms with Gasteiger partial charge in [-0.05, 0) is 54.8 Å². The molecule has 1 N–H and O–H groups in total. The van der Waals surface area contributed by atoms with Gasteiger partial charge >= 0.3 is 0 Å². The highest BCUT2D eigenvalue weighted by atomic mass is 35.5. The Kier molecular flexibility index (Phi) is 8.24. The van der Waals surface area contributed by atoms with Crippen LogP contribution in [0.1, 0.15) is 43.7 Å². The second-order valence-corrected chi connectivity index (χ2v) is 17.6. The van der Waals surface area contributed by atoms with Gasteiger partial charge in [-0.1, -0.05) is 79.6 Å². The van der Waals surface area contributed by atoms with Gasteiger partial charge in [-0.25, -0.2) is 0 Å². The maximum Gasteiger partial charge on any atom is 0.242 e. The van der Waals surface area contributed by atoms with Crippen molar-refractivity contribution in [2.24, 2.45) is 0 Å². The van der Waals surface area contributed by atoms with Crippen molar-refractivity contribution in [3.05, 3.63) is 75.3 Å². The Balaban J connectivity index is 1.90. The van der Waals surface area contributed by atoms with Gasteiger partial charge in [-0.15, -0.1) is 0 Å². The summed E-state index contributed by atoms with van der Waals surface area (Å²) in [4.78, 5) is 29.6. The van der Waals surface area contributed by atoms with Crippen molar-refractivity contribution in [3.8, 4) is 0 Å². The monoisotopic (exact) mass is 558 g/mol. The van der Waals surface area contributed by atoms with Gasteiger partial charge in [0.05, 0.1) is 11.7 Å². The van der Waals surface area contributed by atoms with E-state index in [9.17, 15) is 9.59 Å². The lowest BCUT2D eigenvalue weighted by atomic mass is 9.59. The van der Waals surface area contributed by atoms with Gasteiger partial charge in [0.1, 0.15) is 12.1 Å². The maximum absolute atomic E-state index is 14.8. The summed E-state index contributed by atoms with van der Waals surface area (Å²) >= 11 is 12.9. The molecule has 8 heteroatoms. The molecule has 0 aromatic heterocycles. The molecule has 1 spiro atoms. The zero-order valence-electron chi connectivity index (χ0n) is 22.2. The third-order valence-corrected chi connectivity index (χ3v) is 9.79. The largest absolute Gasteiger partial charge is 0.361 e. The molecule has 0 unspecified atom stereocenters. The van der Waals surface area contributed by atoms with Crippen LogP contribution in [0.4, 0.5) is 5.69 Å². The predicted molar refractivity (Wildman–Crippen MR) is 154 cm³/mol. The van der Waals surface area contributed by atoms with Crippen LogP contribution in [0.25, 0.3) is 0 Å². The first-order valence-electron chi connectivity index (χ1n) is 12.9. The number of benzene rings is 2. The molecule has 0 bridgehead atoms. The molecule has 1 saturated heterocycles. The molecule has 198 valence electrons. The molecule has 1 fully saturated rings. The summed E-state index contributed by atoms with van der Waals surface area (Å²) in [6.07, 6.45) is 2.90. The molecular weight excluding hydrogens is 523 g/mol. The molecule has 0 saturated carbocycles. The van der Waals surface area contributed by atoms with E-state index < -0.39 is 25.4 Å². The number of hydrogen-bond acceptors (Lipinski definition) is 3. The molecule has 2 aromatic carbocycles. The van der Waals surface area contributed by atoms with Crippen LogP contribution in [0.3, 0.4) is 0 Å². The summed E-state index contributed by atoms with van der Waals surface area (Å²) in [6, 6.07) is 13.6. The van der Waals surface area contributed by atoms with Crippen LogP contribution < -0.4 is 10.2 Å². The summed E-state index contributed by atoms with van der Waals surface area (Å²) in [5.74, 6) is -0.576. The average Bonchev–Trinajstić information content (AvgIpc) is 3.06. The van der Waals surface area contributed by atoms with E-state index in [-0.39, 0.29) is 25.0 Å². The second kappa shape index (κ2) is 10.9. The number of carbonyl (C=O) groups is 2. The van der Waals surface area contributed by atoms with E-state index in [0.717, 1.165) is 28.4 Å². The molecular formula is C29H36Cl2N2O3Si. The molecule has 2 heterocycles. The third-order valence-electron chi connectivity index (χ3n) is 7.61. The van der Waals surface area contributed by atoms with Crippen molar-refractivity contribution in [1.82, 2.24) is 5.32 Å². The third kappa shape index (κ3) is 5.26. The maximum atomic E-state index is 14.8. The lowest BCUT2D eigenvalue weighted by molar-refractivity contribution is -0.132. The topological polar surface area (TPSA) is 58.6 Å². The quantitative estimate of drug-likeness (QED) is 0.217. The second-order valence-electron chi connectivity index (χ2n) is 11.1. The van der Waals surface area contributed by atoms with Gasteiger partial charge in [0, 0.05) is 37.1 Å². The molecule has 2 amide bonds. The highest BCUT2D eigenvalue weighted by molar-refractivity contribution is 6.76. The predicted octanol–water partition coefficient (Wildman–Crippen LogP) is 6.92. The molecule has 4 rings (SSSR count). The summed E-state index contributed by atoms with van der Waals surface area (Å²) in [7, 11) is -1.29. The van der Waals surface area contributed by atoms with E-state index in [1.807, 2.05) is 55.5 Å². The van der Waals surface area contributed by atoms with Crippen LogP contribution in [0.2, 0.25) is 35.7 Å². The number of carbonyl (C=O) groups excluding carboxylic acids is 2. The van der Waals surface area contributed by atoms with Gasteiger partial charge in [-0.2, -0.15) is 0 Å². The molecule has 5 nitrogen and oxygen atoms in total. The Morgan fingerprint density at radius 3 is 2.54 bits per heavy atom. The van der Waals surface area contributed by atoms with Gasteiger partial charge in [0.2, 0.25) is 11.8 Å². The minimum absolute atomic E-state index is 0.0819. The number of nitrogens with zero attached hydrogens (tertiary/aromatic N) is 1. The van der Waals surface area contributed by atoms with E-state index in [1.54, 1.807) is 4.90 Å². The molecule has 37 heavy (non-hydrogen) atoms. The van der Waals surface area contributed by atoms with Gasteiger partial charge in [0.25, 0.3) is 0 Å². The van der Waals surface area contributed by atoms with E-state index in [1.165, 1.54) is 0 Å². The Bertz CT molecular complexity index is 1230. The van der Waals surface area contributed by atoms with Crippen molar-refractivity contribution in [2.45, 2.75) is 69.7 Å². The molecule has 2 aliphatic rings. The summed E-state index contributed by atoms with van der Waals surface area (Å²) < 4.78 is 6.10. The normalized spacial score (nSPS) is 24.0. The molecule has 2 aromatic rings. The van der Waals surface area contributed by atoms with E-state index in [4.69, 9.17) is 27.9 Å². The number of ether oxygens (including phenoxy) is 1. The number of halogens is 2. The molecule has 3 atom stereocenters. The zero-order chi connectivity index (χ0) is 27.0. The number of hydrogen-bond donors (Lipinski definition) is 1. The molecule has 0 radical (unpaired) electrons. The van der Waals surface area contributed by atoms with Crippen LogP contribution >= 0.6 is 23.2 Å². The summed E-state index contributed by atoms with van der Waals surface area (Å²) in [6.45, 7) is 11.6. The van der Waals surface area contributed by atoms with E-state index >= 15 is 0 Å². The Morgan fingerprint density at radius 2 is 1.89 bits per heavy atom. The standard InChI is InChI=1S/C29H36Cl2N2O3Si/c1-6-19(7-2)27-29(24(17-26(34)32-27)20-9-8-10-21(30)15-20)23-12-11-22(31)16-25(23)33(28(29)35)18-36-13-14-37(3,4)5/h6,8-12,15-16,24,27H,7,13-14,17-18H2,1-5H3,(H,32,34)/b19-6+/t24-,27+,29-/m0/s1. The number of anilines is 1. The number of piperidine rings is 1. The zero-order valence-corrected chi connectivity index (χ0v) is 24.7. The first kappa shape index (κ1) is 27.9. The van der Waals surface area contributed by atoms with E-state index in [2.05, 4.69) is 31.9 Å². The highest BCUT2D eigenvalue weighted by Crippen LogP contribution is 2.56. The van der Waals surface area contributed by atoms with Crippen LogP contribution in [-0.4, -0.2) is 39.3 Å². The first-order valence-corrected chi connectivity index (χ1v) is 17.4. The van der Waals surface area contributed by atoms with Gasteiger partial charge in [-0.3, -0.25) is 14.5 Å². The highest BCUT2D eigenvalue weighted by Gasteiger charge is 2.63. The van der Waals surface area contributed by atoms with Crippen molar-refractivity contribution < 1.29 is 14.3 Å². The number of amides is 2. The Hall–Kier alpha value is -2.12. The fourth-order valence-corrected chi connectivity index (χ4v) is 6.87. The van der Waals surface area contributed by atoms with Crippen molar-refractivity contribution in [3.63, 3.8) is 0 Å². The van der Waals surface area contributed by atoms with Crippen LogP contribution in [0.5, 0.6) is 0 Å². The van der Waals surface area contributed by atoms with E-state index in [0.29, 0.717) is 23.1 Å². The number of allylic oxidation sites excluding steroid dienone is 1. The van der Waals surface area contributed by atoms with Crippen molar-refractivity contribution >= 4 is 48.8 Å². The van der Waals surface area contributed by atoms with Crippen molar-refractivity contribution in [2.75, 3.05) is 18.2 Å². The number of nitrogens with one attached hydrogen (secondary N) is 1. The molecule has 2 aliphatic heterocycles.